The van der Waals surface area contributed by atoms with Gasteiger partial charge in [-0.1, -0.05) is 13.8 Å². The Kier molecular flexibility index (Phi) is 3.12. The Morgan fingerprint density at radius 2 is 2.33 bits per heavy atom. The second-order valence-electron chi connectivity index (χ2n) is 3.64. The number of nitrogens with one attached hydrogen (secondary N) is 1. The highest BCUT2D eigenvalue weighted by Gasteiger charge is 2.16. The van der Waals surface area contributed by atoms with E-state index in [9.17, 15) is 0 Å². The minimum absolute atomic E-state index is 0.0670. The summed E-state index contributed by atoms with van der Waals surface area (Å²) >= 11 is 0. The second-order valence-corrected chi connectivity index (χ2v) is 3.64. The SMILES string of the molecule is CC1=C[C@H](OCC(C)C)NN1C. The first kappa shape index (κ1) is 9.55. The number of rotatable bonds is 3. The molecule has 1 N–H and O–H groups in total. The molecule has 1 aliphatic heterocycles. The van der Waals surface area contributed by atoms with Gasteiger partial charge in [-0.05, 0) is 18.9 Å². The zero-order valence-electron chi connectivity index (χ0n) is 8.29. The minimum atomic E-state index is 0.0670. The molecule has 1 atom stereocenters. The van der Waals surface area contributed by atoms with Crippen molar-refractivity contribution in [2.45, 2.75) is 27.0 Å². The summed E-state index contributed by atoms with van der Waals surface area (Å²) in [6.07, 6.45) is 2.15. The summed E-state index contributed by atoms with van der Waals surface area (Å²) < 4.78 is 5.58. The number of hydrogen-bond acceptors (Lipinski definition) is 3. The molecule has 0 saturated carbocycles. The molecule has 0 amide bonds. The van der Waals surface area contributed by atoms with Crippen LogP contribution in [0, 0.1) is 5.92 Å². The summed E-state index contributed by atoms with van der Waals surface area (Å²) in [5.74, 6) is 0.589. The fourth-order valence-corrected chi connectivity index (χ4v) is 1.04. The van der Waals surface area contributed by atoms with E-state index in [1.165, 1.54) is 5.70 Å². The third-order valence-electron chi connectivity index (χ3n) is 1.85. The van der Waals surface area contributed by atoms with Gasteiger partial charge in [0.25, 0.3) is 0 Å². The van der Waals surface area contributed by atoms with Gasteiger partial charge in [0.05, 0.1) is 6.61 Å². The highest BCUT2D eigenvalue weighted by molar-refractivity contribution is 5.04. The van der Waals surface area contributed by atoms with E-state index in [2.05, 4.69) is 32.3 Å². The van der Waals surface area contributed by atoms with Crippen molar-refractivity contribution < 1.29 is 4.74 Å². The Balaban J connectivity index is 2.28. The molecule has 0 radical (unpaired) electrons. The average Bonchev–Trinajstić information content (AvgIpc) is 2.28. The predicted molar refractivity (Wildman–Crippen MR) is 49.2 cm³/mol. The molecular weight excluding hydrogens is 152 g/mol. The minimum Gasteiger partial charge on any atom is -0.358 e. The molecule has 12 heavy (non-hydrogen) atoms. The molecule has 3 heteroatoms. The molecule has 0 fully saturated rings. The van der Waals surface area contributed by atoms with Crippen LogP contribution < -0.4 is 5.43 Å². The van der Waals surface area contributed by atoms with Crippen LogP contribution >= 0.6 is 0 Å². The maximum Gasteiger partial charge on any atom is 0.145 e. The van der Waals surface area contributed by atoms with Crippen LogP contribution in [0.5, 0.6) is 0 Å². The van der Waals surface area contributed by atoms with Crippen molar-refractivity contribution in [2.24, 2.45) is 5.92 Å². The van der Waals surface area contributed by atoms with E-state index >= 15 is 0 Å². The molecule has 1 aliphatic rings. The highest BCUT2D eigenvalue weighted by Crippen LogP contribution is 2.10. The Labute approximate surface area is 74.4 Å². The number of hydrazine groups is 1. The fraction of sp³-hybridized carbons (Fsp3) is 0.778. The summed E-state index contributed by atoms with van der Waals surface area (Å²) in [5, 5.41) is 1.98. The first-order valence-corrected chi connectivity index (χ1v) is 4.39. The monoisotopic (exact) mass is 170 g/mol. The summed E-state index contributed by atoms with van der Waals surface area (Å²) in [4.78, 5) is 0. The molecular formula is C9H18N2O. The molecule has 0 aliphatic carbocycles. The van der Waals surface area contributed by atoms with Crippen molar-refractivity contribution in [2.75, 3.05) is 13.7 Å². The standard InChI is InChI=1S/C9H18N2O/c1-7(2)6-12-9-5-8(3)11(4)10-9/h5,7,9-10H,6H2,1-4H3/t9-/m0/s1. The van der Waals surface area contributed by atoms with Crippen LogP contribution in [0.25, 0.3) is 0 Å². The van der Waals surface area contributed by atoms with Crippen molar-refractivity contribution in [3.05, 3.63) is 11.8 Å². The van der Waals surface area contributed by atoms with Gasteiger partial charge in [-0.2, -0.15) is 0 Å². The summed E-state index contributed by atoms with van der Waals surface area (Å²) in [5.41, 5.74) is 4.39. The number of nitrogens with zero attached hydrogens (tertiary/aromatic N) is 1. The quantitative estimate of drug-likeness (QED) is 0.691. The van der Waals surface area contributed by atoms with Crippen LogP contribution in [-0.4, -0.2) is 24.9 Å². The Bertz CT molecular complexity index is 177. The molecule has 0 aromatic carbocycles. The molecule has 0 bridgehead atoms. The van der Waals surface area contributed by atoms with Gasteiger partial charge < -0.3 is 9.75 Å². The first-order valence-electron chi connectivity index (χ1n) is 4.39. The summed E-state index contributed by atoms with van der Waals surface area (Å²) in [6.45, 7) is 7.16. The molecule has 1 heterocycles. The van der Waals surface area contributed by atoms with E-state index in [1.807, 2.05) is 12.1 Å². The van der Waals surface area contributed by atoms with Gasteiger partial charge in [0.2, 0.25) is 0 Å². The van der Waals surface area contributed by atoms with Gasteiger partial charge in [0.15, 0.2) is 0 Å². The van der Waals surface area contributed by atoms with E-state index in [0.717, 1.165) is 6.61 Å². The molecule has 0 saturated heterocycles. The molecule has 70 valence electrons. The van der Waals surface area contributed by atoms with Gasteiger partial charge in [-0.3, -0.25) is 0 Å². The largest absolute Gasteiger partial charge is 0.358 e. The van der Waals surface area contributed by atoms with E-state index in [-0.39, 0.29) is 6.23 Å². The van der Waals surface area contributed by atoms with Crippen LogP contribution in [-0.2, 0) is 4.74 Å². The predicted octanol–water partition coefficient (Wildman–Crippen LogP) is 1.34. The smallest absolute Gasteiger partial charge is 0.145 e. The average molecular weight is 170 g/mol. The van der Waals surface area contributed by atoms with Crippen molar-refractivity contribution in [1.82, 2.24) is 10.4 Å². The lowest BCUT2D eigenvalue weighted by Crippen LogP contribution is -2.35. The number of allylic oxidation sites excluding steroid dienone is 1. The van der Waals surface area contributed by atoms with Gasteiger partial charge in [-0.25, -0.2) is 5.43 Å². The van der Waals surface area contributed by atoms with Crippen LogP contribution in [0.1, 0.15) is 20.8 Å². The third-order valence-corrected chi connectivity index (χ3v) is 1.85. The first-order chi connectivity index (χ1) is 5.59. The zero-order chi connectivity index (χ0) is 9.14. The van der Waals surface area contributed by atoms with E-state index in [0.29, 0.717) is 5.92 Å². The van der Waals surface area contributed by atoms with Crippen molar-refractivity contribution >= 4 is 0 Å². The van der Waals surface area contributed by atoms with E-state index in [1.54, 1.807) is 0 Å². The van der Waals surface area contributed by atoms with Crippen molar-refractivity contribution in [3.63, 3.8) is 0 Å². The van der Waals surface area contributed by atoms with Crippen LogP contribution in [0.2, 0.25) is 0 Å². The molecule has 1 rings (SSSR count). The number of hydrogen-bond donors (Lipinski definition) is 1. The summed E-state index contributed by atoms with van der Waals surface area (Å²) in [7, 11) is 1.99. The summed E-state index contributed by atoms with van der Waals surface area (Å²) in [6, 6.07) is 0. The molecule has 0 spiro atoms. The van der Waals surface area contributed by atoms with Crippen molar-refractivity contribution in [1.29, 1.82) is 0 Å². The lowest BCUT2D eigenvalue weighted by Gasteiger charge is -2.17. The van der Waals surface area contributed by atoms with Gasteiger partial charge in [0, 0.05) is 12.7 Å². The Morgan fingerprint density at radius 3 is 2.75 bits per heavy atom. The highest BCUT2D eigenvalue weighted by atomic mass is 16.5. The number of ether oxygens (including phenoxy) is 1. The second kappa shape index (κ2) is 3.92. The van der Waals surface area contributed by atoms with Crippen molar-refractivity contribution in [3.8, 4) is 0 Å². The fourth-order valence-electron chi connectivity index (χ4n) is 1.04. The molecule has 3 nitrogen and oxygen atoms in total. The maximum absolute atomic E-state index is 5.58. The normalized spacial score (nSPS) is 23.6. The lowest BCUT2D eigenvalue weighted by atomic mass is 10.2. The molecule has 0 aromatic rings. The van der Waals surface area contributed by atoms with Crippen LogP contribution in [0.3, 0.4) is 0 Å². The zero-order valence-corrected chi connectivity index (χ0v) is 8.29. The molecule has 0 unspecified atom stereocenters. The Hall–Kier alpha value is -0.540. The van der Waals surface area contributed by atoms with Gasteiger partial charge in [-0.15, -0.1) is 0 Å². The van der Waals surface area contributed by atoms with Gasteiger partial charge >= 0.3 is 0 Å². The third kappa shape index (κ3) is 2.50. The molecule has 0 aromatic heterocycles. The van der Waals surface area contributed by atoms with Crippen LogP contribution in [0.4, 0.5) is 0 Å². The lowest BCUT2D eigenvalue weighted by molar-refractivity contribution is 0.0232. The Morgan fingerprint density at radius 1 is 1.67 bits per heavy atom. The van der Waals surface area contributed by atoms with E-state index < -0.39 is 0 Å². The maximum atomic E-state index is 5.58. The van der Waals surface area contributed by atoms with Gasteiger partial charge in [0.1, 0.15) is 6.23 Å². The topological polar surface area (TPSA) is 24.5 Å². The van der Waals surface area contributed by atoms with E-state index in [4.69, 9.17) is 4.74 Å². The van der Waals surface area contributed by atoms with Crippen LogP contribution in [0.15, 0.2) is 11.8 Å².